The van der Waals surface area contributed by atoms with Gasteiger partial charge >= 0.3 is 23.9 Å². The molecule has 0 aromatic heterocycles. The number of hydrogen-bond donors (Lipinski definition) is 7. The number of urea groups is 1. The second-order valence-electron chi connectivity index (χ2n) is 6.25. The molecule has 0 saturated heterocycles. The molecule has 14 heteroatoms. The van der Waals surface area contributed by atoms with E-state index in [-0.39, 0.29) is 44.9 Å². The van der Waals surface area contributed by atoms with Crippen molar-refractivity contribution in [3.63, 3.8) is 0 Å². The second-order valence-corrected chi connectivity index (χ2v) is 6.25. The summed E-state index contributed by atoms with van der Waals surface area (Å²) in [6.07, 6.45) is -1.45. The van der Waals surface area contributed by atoms with E-state index < -0.39 is 54.8 Å². The van der Waals surface area contributed by atoms with Gasteiger partial charge in [0.2, 0.25) is 11.8 Å². The van der Waals surface area contributed by atoms with Gasteiger partial charge in [0.05, 0.1) is 13.2 Å². The summed E-state index contributed by atoms with van der Waals surface area (Å²) in [6, 6.07) is -3.85. The Balaban J connectivity index is 4.67. The van der Waals surface area contributed by atoms with Crippen LogP contribution in [-0.2, 0) is 28.7 Å². The summed E-state index contributed by atoms with van der Waals surface area (Å²) in [7, 11) is 1.48. The van der Waals surface area contributed by atoms with Crippen molar-refractivity contribution in [1.82, 2.24) is 21.3 Å². The molecule has 0 aliphatic rings. The Hall–Kier alpha value is -3.42. The quantitative estimate of drug-likeness (QED) is 0.130. The molecule has 0 radical (unpaired) electrons. The summed E-state index contributed by atoms with van der Waals surface area (Å²) in [5, 5.41) is 35.6. The monoisotopic (exact) mass is 448 g/mol. The average Bonchev–Trinajstić information content (AvgIpc) is 2.69. The number of hydrogen-bond acceptors (Lipinski definition) is 7. The fourth-order valence-corrected chi connectivity index (χ4v) is 2.18. The predicted octanol–water partition coefficient (Wildman–Crippen LogP) is -1.89. The molecule has 14 nitrogen and oxygen atoms in total. The third kappa shape index (κ3) is 14.2. The summed E-state index contributed by atoms with van der Waals surface area (Å²) in [5.74, 6) is -4.84. The van der Waals surface area contributed by atoms with E-state index in [0.717, 1.165) is 0 Å². The Bertz CT molecular complexity index is 655. The number of ether oxygens (including phenoxy) is 1. The highest BCUT2D eigenvalue weighted by molar-refractivity contribution is 5.89. The van der Waals surface area contributed by atoms with Crippen LogP contribution in [-0.4, -0.2) is 90.0 Å². The molecule has 0 unspecified atom stereocenters. The predicted molar refractivity (Wildman–Crippen MR) is 103 cm³/mol. The van der Waals surface area contributed by atoms with Crippen LogP contribution >= 0.6 is 0 Å². The molecule has 0 aromatic rings. The van der Waals surface area contributed by atoms with Gasteiger partial charge in [-0.1, -0.05) is 0 Å². The molecular formula is C17H28N4O10. The van der Waals surface area contributed by atoms with Crippen molar-refractivity contribution in [2.75, 3.05) is 26.8 Å². The standard InChI is InChI=1S/C17H28N4O10/c1-18-12(22)6-8-31-9-7-19-15(27)10(2-4-13(23)24)20-17(30)21-11(16(28)29)3-5-14(25)26/h10-11H,2-9H2,1H3,(H,18,22)(H,19,27)(H,23,24)(H,25,26)(H,28,29)(H2,20,21,30)/t10-,11-/m0/s1. The summed E-state index contributed by atoms with van der Waals surface area (Å²) < 4.78 is 5.16. The lowest BCUT2D eigenvalue weighted by Gasteiger charge is -2.20. The highest BCUT2D eigenvalue weighted by Crippen LogP contribution is 2.01. The number of amides is 4. The zero-order valence-electron chi connectivity index (χ0n) is 17.0. The first kappa shape index (κ1) is 27.6. The highest BCUT2D eigenvalue weighted by atomic mass is 16.5. The van der Waals surface area contributed by atoms with Crippen molar-refractivity contribution in [2.45, 2.75) is 44.2 Å². The van der Waals surface area contributed by atoms with Crippen LogP contribution in [0.5, 0.6) is 0 Å². The number of carboxylic acids is 3. The summed E-state index contributed by atoms with van der Waals surface area (Å²) in [4.78, 5) is 67.9. The van der Waals surface area contributed by atoms with E-state index in [2.05, 4.69) is 16.0 Å². The van der Waals surface area contributed by atoms with Gasteiger partial charge in [-0.15, -0.1) is 0 Å². The minimum Gasteiger partial charge on any atom is -0.481 e. The smallest absolute Gasteiger partial charge is 0.326 e. The Morgan fingerprint density at radius 1 is 0.806 bits per heavy atom. The van der Waals surface area contributed by atoms with Gasteiger partial charge < -0.3 is 41.3 Å². The van der Waals surface area contributed by atoms with Crippen LogP contribution in [0.4, 0.5) is 4.79 Å². The Labute approximate surface area is 177 Å². The van der Waals surface area contributed by atoms with Gasteiger partial charge in [-0.2, -0.15) is 0 Å². The molecule has 31 heavy (non-hydrogen) atoms. The van der Waals surface area contributed by atoms with E-state index in [1.165, 1.54) is 7.05 Å². The number of carboxylic acid groups (broad SMARTS) is 3. The zero-order chi connectivity index (χ0) is 23.8. The van der Waals surface area contributed by atoms with Crippen molar-refractivity contribution in [3.8, 4) is 0 Å². The molecule has 0 bridgehead atoms. The molecule has 0 spiro atoms. The zero-order valence-corrected chi connectivity index (χ0v) is 17.0. The van der Waals surface area contributed by atoms with Crippen molar-refractivity contribution in [2.24, 2.45) is 0 Å². The summed E-state index contributed by atoms with van der Waals surface area (Å²) >= 11 is 0. The van der Waals surface area contributed by atoms with E-state index >= 15 is 0 Å². The van der Waals surface area contributed by atoms with Crippen LogP contribution in [0.25, 0.3) is 0 Å². The Kier molecular flexibility index (Phi) is 13.7. The van der Waals surface area contributed by atoms with Gasteiger partial charge in [0.1, 0.15) is 12.1 Å². The van der Waals surface area contributed by atoms with Gasteiger partial charge in [0, 0.05) is 32.9 Å². The van der Waals surface area contributed by atoms with Crippen LogP contribution in [0.2, 0.25) is 0 Å². The molecule has 0 saturated carbocycles. The molecule has 0 aliphatic heterocycles. The number of nitrogens with one attached hydrogen (secondary N) is 4. The molecule has 0 fully saturated rings. The first-order valence-corrected chi connectivity index (χ1v) is 9.36. The number of aliphatic carboxylic acids is 3. The van der Waals surface area contributed by atoms with Crippen LogP contribution in [0.3, 0.4) is 0 Å². The molecule has 2 atom stereocenters. The first-order chi connectivity index (χ1) is 14.6. The van der Waals surface area contributed by atoms with Crippen molar-refractivity contribution in [3.05, 3.63) is 0 Å². The van der Waals surface area contributed by atoms with Crippen molar-refractivity contribution < 1.29 is 48.8 Å². The molecule has 176 valence electrons. The lowest BCUT2D eigenvalue weighted by molar-refractivity contribution is -0.141. The van der Waals surface area contributed by atoms with Gasteiger partial charge in [-0.05, 0) is 12.8 Å². The minimum atomic E-state index is -1.51. The third-order valence-corrected chi connectivity index (χ3v) is 3.82. The topological polar surface area (TPSA) is 220 Å². The molecule has 0 rings (SSSR count). The Morgan fingerprint density at radius 3 is 1.87 bits per heavy atom. The summed E-state index contributed by atoms with van der Waals surface area (Å²) in [5.41, 5.74) is 0. The maximum atomic E-state index is 12.3. The third-order valence-electron chi connectivity index (χ3n) is 3.82. The van der Waals surface area contributed by atoms with E-state index in [1.807, 2.05) is 5.32 Å². The van der Waals surface area contributed by atoms with Crippen LogP contribution in [0, 0.1) is 0 Å². The molecule has 0 aromatic carbocycles. The largest absolute Gasteiger partial charge is 0.481 e. The second kappa shape index (κ2) is 15.4. The van der Waals surface area contributed by atoms with E-state index in [9.17, 15) is 28.8 Å². The minimum absolute atomic E-state index is 0.0236. The Morgan fingerprint density at radius 2 is 1.35 bits per heavy atom. The number of rotatable bonds is 16. The highest BCUT2D eigenvalue weighted by Gasteiger charge is 2.25. The average molecular weight is 448 g/mol. The van der Waals surface area contributed by atoms with Gasteiger partial charge in [0.25, 0.3) is 0 Å². The fraction of sp³-hybridized carbons (Fsp3) is 0.647. The van der Waals surface area contributed by atoms with E-state index in [1.54, 1.807) is 0 Å². The van der Waals surface area contributed by atoms with E-state index in [0.29, 0.717) is 0 Å². The van der Waals surface area contributed by atoms with Crippen LogP contribution in [0.15, 0.2) is 0 Å². The van der Waals surface area contributed by atoms with Gasteiger partial charge in [-0.3, -0.25) is 19.2 Å². The lowest BCUT2D eigenvalue weighted by Crippen LogP contribution is -2.53. The van der Waals surface area contributed by atoms with Crippen LogP contribution in [0.1, 0.15) is 32.1 Å². The molecule has 0 aliphatic carbocycles. The normalized spacial score (nSPS) is 12.2. The maximum Gasteiger partial charge on any atom is 0.326 e. The van der Waals surface area contributed by atoms with Gasteiger partial charge in [0.15, 0.2) is 0 Å². The number of carbonyl (C=O) groups excluding carboxylic acids is 3. The first-order valence-electron chi connectivity index (χ1n) is 9.36. The van der Waals surface area contributed by atoms with Crippen LogP contribution < -0.4 is 21.3 Å². The van der Waals surface area contributed by atoms with Crippen molar-refractivity contribution >= 4 is 35.8 Å². The maximum absolute atomic E-state index is 12.3. The van der Waals surface area contributed by atoms with E-state index in [4.69, 9.17) is 20.1 Å². The molecule has 4 amide bonds. The number of carbonyl (C=O) groups is 6. The fourth-order valence-electron chi connectivity index (χ4n) is 2.18. The molecular weight excluding hydrogens is 420 g/mol. The van der Waals surface area contributed by atoms with Crippen molar-refractivity contribution in [1.29, 1.82) is 0 Å². The lowest BCUT2D eigenvalue weighted by atomic mass is 10.1. The molecule has 0 heterocycles. The van der Waals surface area contributed by atoms with Gasteiger partial charge in [-0.25, -0.2) is 9.59 Å². The SMILES string of the molecule is CNC(=O)CCOCCNC(=O)[C@H](CCC(=O)O)NC(=O)N[C@@H](CCC(=O)O)C(=O)O. The summed E-state index contributed by atoms with van der Waals surface area (Å²) in [6.45, 7) is 0.220. The molecule has 7 N–H and O–H groups in total.